The lowest BCUT2D eigenvalue weighted by atomic mass is 9.69. The summed E-state index contributed by atoms with van der Waals surface area (Å²) in [5, 5.41) is 3.76. The number of methoxy groups -OCH3 is 1. The van der Waals surface area contributed by atoms with Crippen molar-refractivity contribution in [2.45, 2.75) is 52.5 Å². The van der Waals surface area contributed by atoms with Crippen LogP contribution in [0.4, 0.5) is 5.69 Å². The molecule has 1 aromatic rings. The normalized spacial score (nSPS) is 23.0. The van der Waals surface area contributed by atoms with Crippen molar-refractivity contribution in [1.82, 2.24) is 0 Å². The Kier molecular flexibility index (Phi) is 5.64. The van der Waals surface area contributed by atoms with Crippen LogP contribution >= 0.6 is 31.9 Å². The maximum absolute atomic E-state index is 5.42. The van der Waals surface area contributed by atoms with Gasteiger partial charge in [0.05, 0.1) is 17.3 Å². The zero-order valence-electron chi connectivity index (χ0n) is 13.3. The summed E-state index contributed by atoms with van der Waals surface area (Å²) in [6.07, 6.45) is 5.22. The van der Waals surface area contributed by atoms with Gasteiger partial charge < -0.3 is 10.1 Å². The molecule has 2 nitrogen and oxygen atoms in total. The summed E-state index contributed by atoms with van der Waals surface area (Å²) in [5.74, 6) is 1.57. The fourth-order valence-electron chi connectivity index (χ4n) is 3.34. The molecule has 1 N–H and O–H groups in total. The largest absolute Gasteiger partial charge is 0.495 e. The molecular weight excluding hydrogens is 394 g/mol. The third kappa shape index (κ3) is 4.16. The minimum Gasteiger partial charge on any atom is -0.495 e. The van der Waals surface area contributed by atoms with E-state index < -0.39 is 0 Å². The molecule has 0 radical (unpaired) electrons. The predicted molar refractivity (Wildman–Crippen MR) is 97.2 cm³/mol. The van der Waals surface area contributed by atoms with Gasteiger partial charge >= 0.3 is 0 Å². The number of nitrogens with one attached hydrogen (secondary N) is 1. The maximum atomic E-state index is 5.42. The summed E-state index contributed by atoms with van der Waals surface area (Å²) in [6.45, 7) is 7.07. The number of hydrogen-bond acceptors (Lipinski definition) is 2. The molecule has 118 valence electrons. The minimum absolute atomic E-state index is 0.337. The highest BCUT2D eigenvalue weighted by Crippen LogP contribution is 2.41. The number of rotatable bonds is 3. The van der Waals surface area contributed by atoms with Crippen molar-refractivity contribution >= 4 is 37.5 Å². The standard InChI is InChI=1S/C17H25Br2NO/c1-17(2,3)11-7-5-6-8-14(11)20-15-10-16(21-4)13(19)9-12(15)18/h9-11,14,20H,5-8H2,1-4H3. The van der Waals surface area contributed by atoms with E-state index in [4.69, 9.17) is 4.74 Å². The van der Waals surface area contributed by atoms with Gasteiger partial charge in [0.25, 0.3) is 0 Å². The predicted octanol–water partition coefficient (Wildman–Crippen LogP) is 6.24. The molecular formula is C17H25Br2NO. The van der Waals surface area contributed by atoms with E-state index in [0.29, 0.717) is 17.4 Å². The third-order valence-corrected chi connectivity index (χ3v) is 5.74. The fourth-order valence-corrected chi connectivity index (χ4v) is 4.61. The molecule has 0 bridgehead atoms. The molecule has 21 heavy (non-hydrogen) atoms. The fraction of sp³-hybridized carbons (Fsp3) is 0.647. The second-order valence-corrected chi connectivity index (χ2v) is 8.68. The van der Waals surface area contributed by atoms with Gasteiger partial charge in [-0.3, -0.25) is 0 Å². The summed E-state index contributed by atoms with van der Waals surface area (Å²) in [5.41, 5.74) is 1.46. The van der Waals surface area contributed by atoms with Gasteiger partial charge in [-0.15, -0.1) is 0 Å². The molecule has 4 heteroatoms. The zero-order valence-corrected chi connectivity index (χ0v) is 16.5. The second kappa shape index (κ2) is 6.91. The molecule has 1 aromatic carbocycles. The molecule has 1 aliphatic carbocycles. The number of anilines is 1. The van der Waals surface area contributed by atoms with E-state index in [1.807, 2.05) is 0 Å². The van der Waals surface area contributed by atoms with Crippen LogP contribution in [0.15, 0.2) is 21.1 Å². The van der Waals surface area contributed by atoms with Crippen molar-refractivity contribution < 1.29 is 4.74 Å². The Morgan fingerprint density at radius 3 is 2.38 bits per heavy atom. The number of hydrogen-bond donors (Lipinski definition) is 1. The van der Waals surface area contributed by atoms with Crippen LogP contribution in [0.3, 0.4) is 0 Å². The summed E-state index contributed by atoms with van der Waals surface area (Å²) in [7, 11) is 1.70. The van der Waals surface area contributed by atoms with Crippen molar-refractivity contribution in [1.29, 1.82) is 0 Å². The Morgan fingerprint density at radius 1 is 1.10 bits per heavy atom. The van der Waals surface area contributed by atoms with E-state index in [1.165, 1.54) is 25.7 Å². The Balaban J connectivity index is 2.23. The Hall–Kier alpha value is -0.220. The lowest BCUT2D eigenvalue weighted by Gasteiger charge is -2.41. The lowest BCUT2D eigenvalue weighted by molar-refractivity contribution is 0.163. The van der Waals surface area contributed by atoms with Gasteiger partial charge in [-0.05, 0) is 62.1 Å². The van der Waals surface area contributed by atoms with E-state index >= 15 is 0 Å². The van der Waals surface area contributed by atoms with Gasteiger partial charge in [-0.25, -0.2) is 0 Å². The van der Waals surface area contributed by atoms with Crippen molar-refractivity contribution in [3.05, 3.63) is 21.1 Å². The highest BCUT2D eigenvalue weighted by atomic mass is 79.9. The van der Waals surface area contributed by atoms with E-state index in [0.717, 1.165) is 20.4 Å². The van der Waals surface area contributed by atoms with Crippen LogP contribution in [0.25, 0.3) is 0 Å². The van der Waals surface area contributed by atoms with Gasteiger partial charge in [0.1, 0.15) is 5.75 Å². The zero-order chi connectivity index (χ0) is 15.6. The molecule has 0 spiro atoms. The smallest absolute Gasteiger partial charge is 0.135 e. The maximum Gasteiger partial charge on any atom is 0.135 e. The van der Waals surface area contributed by atoms with Crippen LogP contribution in [0, 0.1) is 11.3 Å². The van der Waals surface area contributed by atoms with E-state index in [2.05, 4.69) is 70.1 Å². The second-order valence-electron chi connectivity index (χ2n) is 6.97. The number of ether oxygens (including phenoxy) is 1. The van der Waals surface area contributed by atoms with E-state index in [1.54, 1.807) is 7.11 Å². The number of halogens is 2. The van der Waals surface area contributed by atoms with Gasteiger partial charge in [-0.2, -0.15) is 0 Å². The van der Waals surface area contributed by atoms with Crippen molar-refractivity contribution in [2.24, 2.45) is 11.3 Å². The van der Waals surface area contributed by atoms with Crippen molar-refractivity contribution in [3.63, 3.8) is 0 Å². The highest BCUT2D eigenvalue weighted by Gasteiger charge is 2.34. The SMILES string of the molecule is COc1cc(NC2CCCCC2C(C)(C)C)c(Br)cc1Br. The summed E-state index contributed by atoms with van der Waals surface area (Å²) in [6, 6.07) is 4.65. The Bertz CT molecular complexity index is 496. The molecule has 2 rings (SSSR count). The van der Waals surface area contributed by atoms with Crippen LogP contribution in [0.2, 0.25) is 0 Å². The minimum atomic E-state index is 0.337. The first-order valence-corrected chi connectivity index (χ1v) is 9.21. The first-order chi connectivity index (χ1) is 9.82. The van der Waals surface area contributed by atoms with Gasteiger partial charge in [0.2, 0.25) is 0 Å². The average molecular weight is 419 g/mol. The van der Waals surface area contributed by atoms with Crippen LogP contribution in [-0.2, 0) is 0 Å². The van der Waals surface area contributed by atoms with Crippen molar-refractivity contribution in [3.8, 4) is 5.75 Å². The molecule has 0 heterocycles. The Labute approximate surface area is 145 Å². The molecule has 1 aliphatic rings. The first-order valence-electron chi connectivity index (χ1n) is 7.62. The summed E-state index contributed by atoms with van der Waals surface area (Å²) < 4.78 is 7.46. The monoisotopic (exact) mass is 417 g/mol. The molecule has 0 saturated heterocycles. The lowest BCUT2D eigenvalue weighted by Crippen LogP contribution is -2.39. The van der Waals surface area contributed by atoms with Crippen LogP contribution in [-0.4, -0.2) is 13.2 Å². The molecule has 0 aliphatic heterocycles. The van der Waals surface area contributed by atoms with E-state index in [9.17, 15) is 0 Å². The quantitative estimate of drug-likeness (QED) is 0.627. The van der Waals surface area contributed by atoms with Gasteiger partial charge in [0, 0.05) is 16.6 Å². The summed E-state index contributed by atoms with van der Waals surface area (Å²) >= 11 is 7.19. The van der Waals surface area contributed by atoms with Crippen LogP contribution < -0.4 is 10.1 Å². The molecule has 2 atom stereocenters. The van der Waals surface area contributed by atoms with E-state index in [-0.39, 0.29) is 0 Å². The molecule has 2 unspecified atom stereocenters. The first kappa shape index (κ1) is 17.1. The van der Waals surface area contributed by atoms with Crippen molar-refractivity contribution in [2.75, 3.05) is 12.4 Å². The average Bonchev–Trinajstić information content (AvgIpc) is 2.41. The topological polar surface area (TPSA) is 21.3 Å². The molecule has 1 fully saturated rings. The summed E-state index contributed by atoms with van der Waals surface area (Å²) in [4.78, 5) is 0. The van der Waals surface area contributed by atoms with Crippen LogP contribution in [0.5, 0.6) is 5.75 Å². The molecule has 1 saturated carbocycles. The number of benzene rings is 1. The molecule has 0 amide bonds. The third-order valence-electron chi connectivity index (χ3n) is 4.46. The van der Waals surface area contributed by atoms with Gasteiger partial charge in [-0.1, -0.05) is 33.6 Å². The highest BCUT2D eigenvalue weighted by molar-refractivity contribution is 9.11. The van der Waals surface area contributed by atoms with Crippen LogP contribution in [0.1, 0.15) is 46.5 Å². The van der Waals surface area contributed by atoms with Gasteiger partial charge in [0.15, 0.2) is 0 Å². The molecule has 0 aromatic heterocycles. The Morgan fingerprint density at radius 2 is 1.76 bits per heavy atom.